The van der Waals surface area contributed by atoms with Crippen LogP contribution in [0, 0.1) is 0 Å². The van der Waals surface area contributed by atoms with E-state index >= 15 is 0 Å². The fraction of sp³-hybridized carbons (Fsp3) is 0.412. The Morgan fingerprint density at radius 2 is 2.14 bits per heavy atom. The normalized spacial score (nSPS) is 10.5. The van der Waals surface area contributed by atoms with Crippen LogP contribution in [0.4, 0.5) is 0 Å². The van der Waals surface area contributed by atoms with Gasteiger partial charge in [0.05, 0.1) is 7.11 Å². The van der Waals surface area contributed by atoms with Crippen molar-refractivity contribution >= 4 is 5.91 Å². The lowest BCUT2D eigenvalue weighted by molar-refractivity contribution is 0.0942. The first kappa shape index (κ1) is 16.1. The number of nitrogens with one attached hydrogen (secondary N) is 1. The maximum absolute atomic E-state index is 12.1. The van der Waals surface area contributed by atoms with Crippen LogP contribution in [0.25, 0.3) is 0 Å². The van der Waals surface area contributed by atoms with E-state index in [9.17, 15) is 4.79 Å². The second-order valence-corrected chi connectivity index (χ2v) is 5.11. The van der Waals surface area contributed by atoms with E-state index in [0.29, 0.717) is 12.2 Å². The van der Waals surface area contributed by atoms with Crippen LogP contribution in [0.15, 0.2) is 36.5 Å². The highest BCUT2D eigenvalue weighted by atomic mass is 16.5. The van der Waals surface area contributed by atoms with Crippen molar-refractivity contribution in [3.63, 3.8) is 0 Å². The summed E-state index contributed by atoms with van der Waals surface area (Å²) in [5.74, 6) is 0.834. The van der Waals surface area contributed by atoms with E-state index < -0.39 is 0 Å². The fourth-order valence-electron chi connectivity index (χ4n) is 2.40. The zero-order valence-electron chi connectivity index (χ0n) is 13.2. The van der Waals surface area contributed by atoms with E-state index in [1.54, 1.807) is 24.1 Å². The molecule has 0 atom stereocenters. The first-order valence-electron chi connectivity index (χ1n) is 7.68. The Morgan fingerprint density at radius 1 is 1.32 bits per heavy atom. The van der Waals surface area contributed by atoms with Crippen molar-refractivity contribution in [1.82, 2.24) is 15.1 Å². The van der Waals surface area contributed by atoms with Gasteiger partial charge in [0.25, 0.3) is 5.91 Å². The van der Waals surface area contributed by atoms with E-state index in [-0.39, 0.29) is 5.91 Å². The van der Waals surface area contributed by atoms with Crippen LogP contribution in [0.5, 0.6) is 5.75 Å². The molecule has 0 saturated heterocycles. The van der Waals surface area contributed by atoms with Crippen LogP contribution in [0.3, 0.4) is 0 Å². The molecule has 0 saturated carbocycles. The Bertz CT molecular complexity index is 607. The van der Waals surface area contributed by atoms with Crippen molar-refractivity contribution in [3.8, 4) is 5.75 Å². The molecule has 0 unspecified atom stereocenters. The minimum absolute atomic E-state index is 0.0639. The van der Waals surface area contributed by atoms with Crippen molar-refractivity contribution in [2.75, 3.05) is 13.7 Å². The molecule has 0 spiro atoms. The first-order chi connectivity index (χ1) is 10.8. The summed E-state index contributed by atoms with van der Waals surface area (Å²) >= 11 is 0. The number of ether oxygens (including phenoxy) is 1. The van der Waals surface area contributed by atoms with Crippen molar-refractivity contribution < 1.29 is 9.53 Å². The summed E-state index contributed by atoms with van der Waals surface area (Å²) in [6.07, 6.45) is 4.36. The summed E-state index contributed by atoms with van der Waals surface area (Å²) in [5, 5.41) is 7.12. The second-order valence-electron chi connectivity index (χ2n) is 5.11. The van der Waals surface area contributed by atoms with Crippen LogP contribution < -0.4 is 10.1 Å². The number of methoxy groups -OCH3 is 1. The molecule has 22 heavy (non-hydrogen) atoms. The fourth-order valence-corrected chi connectivity index (χ4v) is 2.40. The predicted molar refractivity (Wildman–Crippen MR) is 86.2 cm³/mol. The molecule has 5 heteroatoms. The molecule has 1 amide bonds. The van der Waals surface area contributed by atoms with Gasteiger partial charge >= 0.3 is 0 Å². The maximum Gasteiger partial charge on any atom is 0.269 e. The molecule has 0 radical (unpaired) electrons. The third-order valence-electron chi connectivity index (χ3n) is 3.49. The van der Waals surface area contributed by atoms with Crippen molar-refractivity contribution in [3.05, 3.63) is 47.8 Å². The molecule has 0 bridgehead atoms. The lowest BCUT2D eigenvalue weighted by Gasteiger charge is -2.09. The number of nitrogens with zero attached hydrogens (tertiary/aromatic N) is 2. The van der Waals surface area contributed by atoms with E-state index in [0.717, 1.165) is 37.1 Å². The van der Waals surface area contributed by atoms with Gasteiger partial charge in [-0.15, -0.1) is 0 Å². The Kier molecular flexibility index (Phi) is 6.01. The minimum Gasteiger partial charge on any atom is -0.496 e. The topological polar surface area (TPSA) is 56.2 Å². The highest BCUT2D eigenvalue weighted by Crippen LogP contribution is 2.18. The van der Waals surface area contributed by atoms with Crippen LogP contribution >= 0.6 is 0 Å². The van der Waals surface area contributed by atoms with E-state index in [2.05, 4.69) is 23.4 Å². The smallest absolute Gasteiger partial charge is 0.269 e. The number of benzene rings is 1. The summed E-state index contributed by atoms with van der Waals surface area (Å²) in [6, 6.07) is 9.72. The van der Waals surface area contributed by atoms with Gasteiger partial charge in [0, 0.05) is 19.3 Å². The van der Waals surface area contributed by atoms with Crippen molar-refractivity contribution in [1.29, 1.82) is 0 Å². The van der Waals surface area contributed by atoms with E-state index in [4.69, 9.17) is 4.74 Å². The van der Waals surface area contributed by atoms with Gasteiger partial charge in [0.1, 0.15) is 11.4 Å². The van der Waals surface area contributed by atoms with Gasteiger partial charge in [-0.2, -0.15) is 5.10 Å². The number of amides is 1. The number of carbonyl (C=O) groups is 1. The molecular weight excluding hydrogens is 278 g/mol. The minimum atomic E-state index is -0.0639. The molecule has 0 aliphatic heterocycles. The highest BCUT2D eigenvalue weighted by molar-refractivity contribution is 5.92. The van der Waals surface area contributed by atoms with Gasteiger partial charge in [-0.3, -0.25) is 9.48 Å². The number of para-hydroxylation sites is 1. The monoisotopic (exact) mass is 301 g/mol. The standard InChI is InChI=1S/C17H23N3O2/c1-3-13-20-15(10-12-19-20)17(21)18-11-6-8-14-7-4-5-9-16(14)22-2/h4-5,7,9-10,12H,3,6,8,11,13H2,1-2H3,(H,18,21). The quantitative estimate of drug-likeness (QED) is 0.763. The van der Waals surface area contributed by atoms with Crippen molar-refractivity contribution in [2.24, 2.45) is 0 Å². The third-order valence-corrected chi connectivity index (χ3v) is 3.49. The lowest BCUT2D eigenvalue weighted by Crippen LogP contribution is -2.27. The van der Waals surface area contributed by atoms with E-state index in [1.165, 1.54) is 0 Å². The van der Waals surface area contributed by atoms with Gasteiger partial charge < -0.3 is 10.1 Å². The van der Waals surface area contributed by atoms with Crippen LogP contribution in [-0.4, -0.2) is 29.3 Å². The molecule has 2 rings (SSSR count). The Balaban J connectivity index is 1.81. The first-order valence-corrected chi connectivity index (χ1v) is 7.68. The lowest BCUT2D eigenvalue weighted by atomic mass is 10.1. The zero-order valence-corrected chi connectivity index (χ0v) is 13.2. The molecule has 0 aliphatic carbocycles. The Morgan fingerprint density at radius 3 is 2.91 bits per heavy atom. The van der Waals surface area contributed by atoms with Crippen molar-refractivity contribution in [2.45, 2.75) is 32.7 Å². The summed E-state index contributed by atoms with van der Waals surface area (Å²) in [4.78, 5) is 12.1. The highest BCUT2D eigenvalue weighted by Gasteiger charge is 2.10. The molecule has 1 heterocycles. The van der Waals surface area contributed by atoms with Crippen LogP contribution in [0.1, 0.15) is 35.8 Å². The summed E-state index contributed by atoms with van der Waals surface area (Å²) in [7, 11) is 1.68. The zero-order chi connectivity index (χ0) is 15.8. The SMILES string of the molecule is CCCn1nccc1C(=O)NCCCc1ccccc1OC. The number of aromatic nitrogens is 2. The maximum atomic E-state index is 12.1. The average molecular weight is 301 g/mol. The summed E-state index contributed by atoms with van der Waals surface area (Å²) in [6.45, 7) is 3.46. The molecule has 5 nitrogen and oxygen atoms in total. The largest absolute Gasteiger partial charge is 0.496 e. The second kappa shape index (κ2) is 8.22. The molecule has 1 N–H and O–H groups in total. The van der Waals surface area contributed by atoms with Gasteiger partial charge in [0.15, 0.2) is 0 Å². The molecule has 0 fully saturated rings. The number of rotatable bonds is 8. The molecule has 1 aromatic carbocycles. The van der Waals surface area contributed by atoms with Crippen LogP contribution in [-0.2, 0) is 13.0 Å². The average Bonchev–Trinajstić information content (AvgIpc) is 3.00. The number of carbonyl (C=O) groups excluding carboxylic acids is 1. The van der Waals surface area contributed by atoms with Crippen LogP contribution in [0.2, 0.25) is 0 Å². The predicted octanol–water partition coefficient (Wildman–Crippen LogP) is 2.66. The van der Waals surface area contributed by atoms with Gasteiger partial charge in [-0.25, -0.2) is 0 Å². The third kappa shape index (κ3) is 4.10. The van der Waals surface area contributed by atoms with Gasteiger partial charge in [-0.1, -0.05) is 25.1 Å². The molecular formula is C17H23N3O2. The Hall–Kier alpha value is -2.30. The Labute approximate surface area is 131 Å². The van der Waals surface area contributed by atoms with Gasteiger partial charge in [0.2, 0.25) is 0 Å². The molecule has 118 valence electrons. The number of hydrogen-bond donors (Lipinski definition) is 1. The molecule has 0 aliphatic rings. The van der Waals surface area contributed by atoms with E-state index in [1.807, 2.05) is 18.2 Å². The number of aryl methyl sites for hydroxylation is 2. The van der Waals surface area contributed by atoms with Gasteiger partial charge in [-0.05, 0) is 37.0 Å². The molecule has 1 aromatic heterocycles. The summed E-state index contributed by atoms with van der Waals surface area (Å²) in [5.41, 5.74) is 1.79. The number of hydrogen-bond acceptors (Lipinski definition) is 3. The summed E-state index contributed by atoms with van der Waals surface area (Å²) < 4.78 is 7.07. The molecule has 2 aromatic rings.